The van der Waals surface area contributed by atoms with Gasteiger partial charge in [-0.2, -0.15) is 26.3 Å². The summed E-state index contributed by atoms with van der Waals surface area (Å²) < 4.78 is 118. The van der Waals surface area contributed by atoms with Crippen molar-refractivity contribution in [1.29, 1.82) is 0 Å². The van der Waals surface area contributed by atoms with Crippen LogP contribution in [0.1, 0.15) is 46.7 Å². The van der Waals surface area contributed by atoms with Crippen molar-refractivity contribution in [2.24, 2.45) is 0 Å². The second kappa shape index (κ2) is 15.4. The minimum atomic E-state index is -5.01. The fraction of sp³-hybridized carbons (Fsp3) is 0.355. The molecule has 1 saturated heterocycles. The van der Waals surface area contributed by atoms with Gasteiger partial charge >= 0.3 is 25.8 Å². The Balaban J connectivity index is 1.32. The minimum Gasteiger partial charge on any atom is -0.349 e. The summed E-state index contributed by atoms with van der Waals surface area (Å²) >= 11 is 1.96. The van der Waals surface area contributed by atoms with Crippen LogP contribution in [-0.2, 0) is 55.2 Å². The second-order valence-electron chi connectivity index (χ2n) is 11.0. The van der Waals surface area contributed by atoms with Crippen molar-refractivity contribution in [1.82, 2.24) is 19.4 Å². The molecule has 1 aromatic heterocycles. The zero-order chi connectivity index (χ0) is 35.4. The number of nitrogens with one attached hydrogen (secondary N) is 1. The quantitative estimate of drug-likeness (QED) is 0.0510. The van der Waals surface area contributed by atoms with Crippen LogP contribution in [0.3, 0.4) is 0 Å². The molecular formula is C31H30F6IN4O6P. The first-order valence-electron chi connectivity index (χ1n) is 14.7. The highest BCUT2D eigenvalue weighted by molar-refractivity contribution is 14.1. The number of aromatic amines is 1. The first-order valence-corrected chi connectivity index (χ1v) is 17.5. The van der Waals surface area contributed by atoms with E-state index in [1.807, 2.05) is 22.6 Å². The molecule has 0 spiro atoms. The van der Waals surface area contributed by atoms with Crippen LogP contribution in [0.25, 0.3) is 0 Å². The van der Waals surface area contributed by atoms with Crippen LogP contribution in [0.5, 0.6) is 0 Å². The van der Waals surface area contributed by atoms with Crippen molar-refractivity contribution in [2.45, 2.75) is 55.5 Å². The summed E-state index contributed by atoms with van der Waals surface area (Å²) in [4.78, 5) is 17.4. The lowest BCUT2D eigenvalue weighted by molar-refractivity contribution is -0.206. The van der Waals surface area contributed by atoms with Gasteiger partial charge < -0.3 is 9.47 Å². The molecule has 0 radical (unpaired) electrons. The highest BCUT2D eigenvalue weighted by Gasteiger charge is 2.39. The van der Waals surface area contributed by atoms with E-state index in [9.17, 15) is 35.7 Å². The average Bonchev–Trinajstić information content (AvgIpc) is 3.45. The predicted molar refractivity (Wildman–Crippen MR) is 172 cm³/mol. The number of halogens is 7. The van der Waals surface area contributed by atoms with Gasteiger partial charge in [-0.3, -0.25) is 18.9 Å². The topological polar surface area (TPSA) is 108 Å². The average molecular weight is 826 g/mol. The first-order chi connectivity index (χ1) is 23.1. The number of benzene rings is 3. The fourth-order valence-electron chi connectivity index (χ4n) is 4.82. The third kappa shape index (κ3) is 9.59. The predicted octanol–water partition coefficient (Wildman–Crippen LogP) is 7.70. The summed E-state index contributed by atoms with van der Waals surface area (Å²) in [6.45, 7) is 1.39. The maximum atomic E-state index is 14.1. The Kier molecular flexibility index (Phi) is 11.7. The Labute approximate surface area is 290 Å². The number of rotatable bonds is 12. The van der Waals surface area contributed by atoms with Crippen LogP contribution in [0.15, 0.2) is 83.7 Å². The largest absolute Gasteiger partial charge is 0.460 e. The second-order valence-corrected chi connectivity index (χ2v) is 14.1. The van der Waals surface area contributed by atoms with Gasteiger partial charge in [0.2, 0.25) is 0 Å². The van der Waals surface area contributed by atoms with Gasteiger partial charge in [-0.25, -0.2) is 9.36 Å². The maximum absolute atomic E-state index is 14.1. The van der Waals surface area contributed by atoms with Gasteiger partial charge in [0.15, 0.2) is 6.29 Å². The van der Waals surface area contributed by atoms with Gasteiger partial charge in [-0.1, -0.05) is 83.3 Å². The minimum absolute atomic E-state index is 0.0212. The van der Waals surface area contributed by atoms with Gasteiger partial charge in [0, 0.05) is 6.54 Å². The zero-order valence-corrected chi connectivity index (χ0v) is 28.7. The Morgan fingerprint density at radius 2 is 1.47 bits per heavy atom. The van der Waals surface area contributed by atoms with E-state index in [1.165, 1.54) is 6.92 Å². The molecule has 264 valence electrons. The molecule has 3 aromatic carbocycles. The number of hydrogen-bond donors (Lipinski definition) is 1. The molecule has 0 saturated carbocycles. The maximum Gasteiger partial charge on any atom is 0.460 e. The first kappa shape index (κ1) is 37.2. The highest BCUT2D eigenvalue weighted by Crippen LogP contribution is 2.49. The van der Waals surface area contributed by atoms with Gasteiger partial charge in [0.1, 0.15) is 9.87 Å². The van der Waals surface area contributed by atoms with Crippen molar-refractivity contribution in [3.8, 4) is 0 Å². The fourth-order valence-corrected chi connectivity index (χ4v) is 7.08. The van der Waals surface area contributed by atoms with E-state index in [0.717, 1.165) is 0 Å². The van der Waals surface area contributed by atoms with E-state index in [4.69, 9.17) is 18.5 Å². The summed E-state index contributed by atoms with van der Waals surface area (Å²) in [7, 11) is -4.35. The van der Waals surface area contributed by atoms with Crippen molar-refractivity contribution in [3.63, 3.8) is 0 Å². The monoisotopic (exact) mass is 826 g/mol. The molecule has 1 aliphatic heterocycles. The summed E-state index contributed by atoms with van der Waals surface area (Å²) in [5.41, 5.74) is -2.75. The molecule has 0 amide bonds. The van der Waals surface area contributed by atoms with Crippen molar-refractivity contribution in [2.75, 3.05) is 13.2 Å². The molecule has 18 heteroatoms. The van der Waals surface area contributed by atoms with Crippen molar-refractivity contribution >= 4 is 30.3 Å². The summed E-state index contributed by atoms with van der Waals surface area (Å²) in [6.07, 6.45) is -12.3. The van der Waals surface area contributed by atoms with Gasteiger partial charge in [0.05, 0.1) is 43.6 Å². The van der Waals surface area contributed by atoms with E-state index in [1.54, 1.807) is 65.6 Å². The Bertz CT molecular complexity index is 1730. The van der Waals surface area contributed by atoms with Crippen molar-refractivity contribution < 1.29 is 49.4 Å². The Hall–Kier alpha value is -3.06. The smallest absolute Gasteiger partial charge is 0.349 e. The number of ether oxygens (including phenoxy) is 2. The van der Waals surface area contributed by atoms with Crippen LogP contribution in [0, 0.1) is 0 Å². The third-order valence-corrected chi connectivity index (χ3v) is 10.4. The molecule has 0 unspecified atom stereocenters. The number of morpholine rings is 1. The Morgan fingerprint density at radius 3 is 1.98 bits per heavy atom. The highest BCUT2D eigenvalue weighted by atomic mass is 127. The van der Waals surface area contributed by atoms with Crippen LogP contribution in [-0.4, -0.2) is 42.9 Å². The van der Waals surface area contributed by atoms with Gasteiger partial charge in [-0.15, -0.1) is 9.55 Å². The number of alkyl halides is 7. The van der Waals surface area contributed by atoms with E-state index < -0.39 is 53.4 Å². The summed E-state index contributed by atoms with van der Waals surface area (Å²) in [5, 5.41) is 4.23. The van der Waals surface area contributed by atoms with Crippen LogP contribution >= 0.6 is 30.3 Å². The zero-order valence-electron chi connectivity index (χ0n) is 25.7. The van der Waals surface area contributed by atoms with Crippen LogP contribution in [0.2, 0.25) is 0 Å². The van der Waals surface area contributed by atoms with E-state index >= 15 is 0 Å². The summed E-state index contributed by atoms with van der Waals surface area (Å²) in [6, 6.07) is 19.0. The van der Waals surface area contributed by atoms with Crippen LogP contribution in [0.4, 0.5) is 26.3 Å². The molecule has 10 nitrogen and oxygen atoms in total. The molecule has 3 atom stereocenters. The standard InChI is InChI=1S/C31H30F6IN4O6P/c1-20(23-14-24(30(32,33)34)16-25(15-23)31(35,36)37)48-28-27(38)41(12-13-45-28)17-26-39-29(43)42(40-26)49(44,46-18-21-8-4-2-5-9-21)47-19-22-10-6-3-7-11-22/h2-11,14-16,20,27-28H,12-13,17-19H2,1H3,(H,39,40,43)/t20-,27-,28-/m1/s1. The lowest BCUT2D eigenvalue weighted by Crippen LogP contribution is -2.48. The number of hydrogen-bond acceptors (Lipinski definition) is 8. The van der Waals surface area contributed by atoms with Gasteiger partial charge in [0.25, 0.3) is 0 Å². The molecule has 4 aromatic rings. The molecule has 0 aliphatic carbocycles. The molecule has 0 bridgehead atoms. The number of aromatic nitrogens is 3. The lowest BCUT2D eigenvalue weighted by Gasteiger charge is -2.38. The van der Waals surface area contributed by atoms with E-state index in [-0.39, 0.29) is 43.8 Å². The molecule has 2 heterocycles. The van der Waals surface area contributed by atoms with E-state index in [0.29, 0.717) is 34.3 Å². The Morgan fingerprint density at radius 1 is 0.939 bits per heavy atom. The summed E-state index contributed by atoms with van der Waals surface area (Å²) in [5.74, 6) is 0.0832. The SMILES string of the molecule is C[C@@H](O[C@H]1OCCN(Cc2nn(P(=O)(OCc3ccccc3)OCc3ccccc3)c(=O)[nH]2)[C@H]1I)c1cc(C(F)(F)F)cc(C(F)(F)F)c1. The van der Waals surface area contributed by atoms with Crippen molar-refractivity contribution in [3.05, 3.63) is 123 Å². The molecule has 1 aliphatic rings. The third-order valence-electron chi connectivity index (χ3n) is 7.36. The molecular weight excluding hydrogens is 796 g/mol. The molecule has 1 N–H and O–H groups in total. The number of nitrogens with zero attached hydrogens (tertiary/aromatic N) is 3. The molecule has 5 rings (SSSR count). The number of H-pyrrole nitrogens is 1. The van der Waals surface area contributed by atoms with E-state index in [2.05, 4.69) is 10.1 Å². The lowest BCUT2D eigenvalue weighted by atomic mass is 10.0. The molecule has 49 heavy (non-hydrogen) atoms. The van der Waals surface area contributed by atoms with Gasteiger partial charge in [-0.05, 0) is 41.8 Å². The normalized spacial score (nSPS) is 18.4. The van der Waals surface area contributed by atoms with Crippen LogP contribution < -0.4 is 5.69 Å². The molecule has 1 fully saturated rings.